The minimum Gasteiger partial charge on any atom is -0.192 e. The van der Waals surface area contributed by atoms with E-state index in [1.807, 2.05) is 13.0 Å². The normalized spacial score (nSPS) is 12.5. The molecule has 0 aromatic heterocycles. The van der Waals surface area contributed by atoms with E-state index >= 15 is 0 Å². The van der Waals surface area contributed by atoms with Gasteiger partial charge in [0.05, 0.1) is 11.6 Å². The van der Waals surface area contributed by atoms with Crippen LogP contribution in [0.2, 0.25) is 0 Å². The van der Waals surface area contributed by atoms with E-state index in [4.69, 9.17) is 5.26 Å². The van der Waals surface area contributed by atoms with Crippen LogP contribution in [0.15, 0.2) is 36.0 Å². The van der Waals surface area contributed by atoms with Gasteiger partial charge in [-0.05, 0) is 19.1 Å². The second kappa shape index (κ2) is 5.94. The Morgan fingerprint density at radius 1 is 1.73 bits per heavy atom. The fourth-order valence-electron chi connectivity index (χ4n) is 0.549. The van der Waals surface area contributed by atoms with Crippen molar-refractivity contribution in [2.45, 2.75) is 6.92 Å². The summed E-state index contributed by atoms with van der Waals surface area (Å²) in [5.41, 5.74) is 1.76. The van der Waals surface area contributed by atoms with E-state index in [9.17, 15) is 0 Å². The minimum absolute atomic E-state index is 0.636. The molecule has 0 unspecified atom stereocenters. The van der Waals surface area contributed by atoms with Crippen molar-refractivity contribution in [1.29, 1.82) is 5.26 Å². The van der Waals surface area contributed by atoms with E-state index in [0.29, 0.717) is 5.57 Å². The molecule has 0 amide bonds. The fraction of sp³-hybridized carbons (Fsp3) is 0.222. The van der Waals surface area contributed by atoms with Crippen LogP contribution in [0, 0.1) is 11.3 Å². The molecule has 0 fully saturated rings. The average Bonchev–Trinajstić information content (AvgIpc) is 2.03. The first kappa shape index (κ1) is 10.2. The Morgan fingerprint density at radius 3 is 2.73 bits per heavy atom. The van der Waals surface area contributed by atoms with E-state index in [2.05, 4.69) is 28.6 Å². The number of hydrogen-bond donors (Lipinski definition) is 0. The Bertz CT molecular complexity index is 230. The number of nitriles is 1. The van der Waals surface area contributed by atoms with Crippen molar-refractivity contribution in [3.05, 3.63) is 36.0 Å². The second-order valence-electron chi connectivity index (χ2n) is 2.09. The molecule has 0 heterocycles. The van der Waals surface area contributed by atoms with Crippen LogP contribution in [0.5, 0.6) is 0 Å². The second-order valence-corrected chi connectivity index (χ2v) is 2.65. The van der Waals surface area contributed by atoms with Crippen LogP contribution in [0.1, 0.15) is 6.92 Å². The van der Waals surface area contributed by atoms with Crippen LogP contribution >= 0.6 is 15.9 Å². The van der Waals surface area contributed by atoms with Crippen LogP contribution in [-0.4, -0.2) is 5.33 Å². The van der Waals surface area contributed by atoms with Gasteiger partial charge in [0.15, 0.2) is 0 Å². The minimum atomic E-state index is 0.636. The van der Waals surface area contributed by atoms with Gasteiger partial charge in [0.1, 0.15) is 0 Å². The summed E-state index contributed by atoms with van der Waals surface area (Å²) >= 11 is 3.29. The molecule has 1 nitrogen and oxygen atoms in total. The van der Waals surface area contributed by atoms with Gasteiger partial charge in [-0.2, -0.15) is 5.26 Å². The Morgan fingerprint density at radius 2 is 2.36 bits per heavy atom. The zero-order valence-corrected chi connectivity index (χ0v) is 8.06. The number of rotatable bonds is 3. The largest absolute Gasteiger partial charge is 0.192 e. The highest BCUT2D eigenvalue weighted by atomic mass is 79.9. The van der Waals surface area contributed by atoms with Gasteiger partial charge in [0.25, 0.3) is 0 Å². The van der Waals surface area contributed by atoms with E-state index in [-0.39, 0.29) is 0 Å². The highest BCUT2D eigenvalue weighted by molar-refractivity contribution is 9.09. The van der Waals surface area contributed by atoms with Gasteiger partial charge < -0.3 is 0 Å². The number of hydrogen-bond acceptors (Lipinski definition) is 1. The van der Waals surface area contributed by atoms with Gasteiger partial charge in [-0.3, -0.25) is 0 Å². The molecule has 0 bridgehead atoms. The van der Waals surface area contributed by atoms with E-state index in [1.54, 1.807) is 12.2 Å². The third-order valence-corrected chi connectivity index (χ3v) is 1.92. The summed E-state index contributed by atoms with van der Waals surface area (Å²) in [6.07, 6.45) is 5.12. The average molecular weight is 212 g/mol. The number of allylic oxidation sites excluding steroid dienone is 5. The van der Waals surface area contributed by atoms with Gasteiger partial charge in [0.2, 0.25) is 0 Å². The lowest BCUT2D eigenvalue weighted by Gasteiger charge is -1.90. The maximum absolute atomic E-state index is 8.58. The lowest BCUT2D eigenvalue weighted by atomic mass is 10.2. The molecule has 11 heavy (non-hydrogen) atoms. The summed E-state index contributed by atoms with van der Waals surface area (Å²) in [6.45, 7) is 5.47. The van der Waals surface area contributed by atoms with Gasteiger partial charge in [-0.1, -0.05) is 34.2 Å². The molecule has 0 radical (unpaired) electrons. The lowest BCUT2D eigenvalue weighted by molar-refractivity contribution is 1.39. The molecule has 0 aliphatic carbocycles. The summed E-state index contributed by atoms with van der Waals surface area (Å²) in [5.74, 6) is 0. The molecule has 58 valence electrons. The molecule has 0 saturated heterocycles. The summed E-state index contributed by atoms with van der Waals surface area (Å²) in [6, 6.07) is 2.06. The standard InChI is InChI=1S/C9H10BrN/c1-3-4-9(7-11)5-8(2)6-10/h3-5H,1,6H2,2H3/b8-5+,9-4+. The van der Waals surface area contributed by atoms with E-state index < -0.39 is 0 Å². The highest BCUT2D eigenvalue weighted by Crippen LogP contribution is 2.03. The zero-order chi connectivity index (χ0) is 8.69. The number of halogens is 1. The number of nitrogens with zero attached hydrogens (tertiary/aromatic N) is 1. The quantitative estimate of drug-likeness (QED) is 0.400. The molecule has 0 aromatic carbocycles. The van der Waals surface area contributed by atoms with Crippen molar-refractivity contribution in [2.75, 3.05) is 5.33 Å². The van der Waals surface area contributed by atoms with Crippen molar-refractivity contribution in [3.63, 3.8) is 0 Å². The number of alkyl halides is 1. The topological polar surface area (TPSA) is 23.8 Å². The predicted octanol–water partition coefficient (Wildman–Crippen LogP) is 2.96. The Balaban J connectivity index is 4.45. The molecule has 0 aromatic rings. The molecule has 0 atom stereocenters. The van der Waals surface area contributed by atoms with Crippen LogP contribution in [-0.2, 0) is 0 Å². The van der Waals surface area contributed by atoms with Crippen molar-refractivity contribution in [2.24, 2.45) is 0 Å². The summed E-state index contributed by atoms with van der Waals surface area (Å²) < 4.78 is 0. The summed E-state index contributed by atoms with van der Waals surface area (Å²) in [5, 5.41) is 9.37. The first-order chi connectivity index (χ1) is 5.24. The summed E-state index contributed by atoms with van der Waals surface area (Å²) in [4.78, 5) is 0. The molecule has 0 saturated carbocycles. The van der Waals surface area contributed by atoms with E-state index in [0.717, 1.165) is 10.9 Å². The Labute approximate surface area is 75.9 Å². The maximum Gasteiger partial charge on any atom is 0.0991 e. The van der Waals surface area contributed by atoms with Crippen LogP contribution in [0.3, 0.4) is 0 Å². The molecule has 0 spiro atoms. The molecular weight excluding hydrogens is 202 g/mol. The van der Waals surface area contributed by atoms with E-state index in [1.165, 1.54) is 0 Å². The lowest BCUT2D eigenvalue weighted by Crippen LogP contribution is -1.78. The maximum atomic E-state index is 8.58. The van der Waals surface area contributed by atoms with Crippen molar-refractivity contribution < 1.29 is 0 Å². The first-order valence-corrected chi connectivity index (χ1v) is 4.32. The molecular formula is C9H10BrN. The van der Waals surface area contributed by atoms with Gasteiger partial charge in [-0.25, -0.2) is 0 Å². The zero-order valence-electron chi connectivity index (χ0n) is 6.47. The van der Waals surface area contributed by atoms with Crippen molar-refractivity contribution in [3.8, 4) is 6.07 Å². The molecule has 0 aliphatic heterocycles. The van der Waals surface area contributed by atoms with Gasteiger partial charge in [0, 0.05) is 5.33 Å². The molecule has 0 rings (SSSR count). The Hall–Kier alpha value is -0.810. The highest BCUT2D eigenvalue weighted by Gasteiger charge is 1.89. The SMILES string of the molecule is C=C/C=C(C#N)\C=C(/C)CBr. The van der Waals surface area contributed by atoms with Crippen LogP contribution < -0.4 is 0 Å². The predicted molar refractivity (Wildman–Crippen MR) is 51.4 cm³/mol. The Kier molecular flexibility index (Phi) is 5.50. The monoisotopic (exact) mass is 211 g/mol. The fourth-order valence-corrected chi connectivity index (χ4v) is 0.711. The van der Waals surface area contributed by atoms with Crippen molar-refractivity contribution >= 4 is 15.9 Å². The molecule has 2 heteroatoms. The third-order valence-electron chi connectivity index (χ3n) is 1.04. The first-order valence-electron chi connectivity index (χ1n) is 3.20. The third kappa shape index (κ3) is 4.58. The summed E-state index contributed by atoms with van der Waals surface area (Å²) in [7, 11) is 0. The van der Waals surface area contributed by atoms with Crippen LogP contribution in [0.25, 0.3) is 0 Å². The smallest absolute Gasteiger partial charge is 0.0991 e. The van der Waals surface area contributed by atoms with Crippen LogP contribution in [0.4, 0.5) is 0 Å². The van der Waals surface area contributed by atoms with Gasteiger partial charge >= 0.3 is 0 Å². The molecule has 0 aliphatic rings. The van der Waals surface area contributed by atoms with Gasteiger partial charge in [-0.15, -0.1) is 0 Å². The van der Waals surface area contributed by atoms with Crippen molar-refractivity contribution in [1.82, 2.24) is 0 Å². The molecule has 0 N–H and O–H groups in total.